The van der Waals surface area contributed by atoms with Crippen molar-refractivity contribution in [2.45, 2.75) is 71.8 Å². The molecule has 1 aromatic heterocycles. The number of anilines is 1. The van der Waals surface area contributed by atoms with Gasteiger partial charge < -0.3 is 15.7 Å². The second-order valence-electron chi connectivity index (χ2n) is 9.73. The second-order valence-corrected chi connectivity index (χ2v) is 9.73. The lowest BCUT2D eigenvalue weighted by molar-refractivity contribution is -0.120. The third-order valence-electron chi connectivity index (χ3n) is 7.16. The monoisotopic (exact) mass is 488 g/mol. The minimum absolute atomic E-state index is 0.0377. The lowest BCUT2D eigenvalue weighted by Crippen LogP contribution is -2.30. The first kappa shape index (κ1) is 25.5. The van der Waals surface area contributed by atoms with Crippen molar-refractivity contribution in [1.29, 1.82) is 0 Å². The quantitative estimate of drug-likeness (QED) is 0.322. The number of carbonyl (C=O) groups is 2. The summed E-state index contributed by atoms with van der Waals surface area (Å²) in [6.45, 7) is 6.43. The number of phenols is 1. The molecule has 3 aromatic rings. The van der Waals surface area contributed by atoms with E-state index in [1.165, 1.54) is 10.2 Å². The van der Waals surface area contributed by atoms with Crippen molar-refractivity contribution in [3.8, 4) is 17.0 Å². The Morgan fingerprint density at radius 3 is 2.42 bits per heavy atom. The summed E-state index contributed by atoms with van der Waals surface area (Å²) in [4.78, 5) is 25.8. The van der Waals surface area contributed by atoms with Crippen LogP contribution in [0.15, 0.2) is 48.5 Å². The van der Waals surface area contributed by atoms with E-state index >= 15 is 0 Å². The topological polar surface area (TPSA) is 96.2 Å². The Balaban J connectivity index is 1.61. The standard InChI is InChI=1S/C29H36N4O3/c1-4-21(5-2)28(35)31-23-14-15-27(34)24(16-23)25-17-26(22-8-6-7-9-22)33(32-25)29(36)30-18-20-12-10-19(3)11-13-20/h10-17,21-22,34H,4-9,18H2,1-3H3,(H,30,36)(H,31,35). The van der Waals surface area contributed by atoms with Gasteiger partial charge in [-0.05, 0) is 62.4 Å². The van der Waals surface area contributed by atoms with E-state index in [1.807, 2.05) is 51.1 Å². The third-order valence-corrected chi connectivity index (χ3v) is 7.16. The van der Waals surface area contributed by atoms with Crippen molar-refractivity contribution < 1.29 is 14.7 Å². The predicted octanol–water partition coefficient (Wildman–Crippen LogP) is 6.35. The van der Waals surface area contributed by atoms with Crippen molar-refractivity contribution in [2.75, 3.05) is 5.32 Å². The van der Waals surface area contributed by atoms with Crippen LogP contribution in [-0.2, 0) is 11.3 Å². The highest BCUT2D eigenvalue weighted by Crippen LogP contribution is 2.38. The van der Waals surface area contributed by atoms with Gasteiger partial charge >= 0.3 is 6.03 Å². The molecule has 0 bridgehead atoms. The highest BCUT2D eigenvalue weighted by atomic mass is 16.3. The van der Waals surface area contributed by atoms with Crippen LogP contribution < -0.4 is 10.6 Å². The van der Waals surface area contributed by atoms with E-state index in [1.54, 1.807) is 18.2 Å². The maximum absolute atomic E-state index is 13.2. The molecule has 3 N–H and O–H groups in total. The van der Waals surface area contributed by atoms with Crippen LogP contribution in [0.2, 0.25) is 0 Å². The first-order valence-corrected chi connectivity index (χ1v) is 13.0. The van der Waals surface area contributed by atoms with Crippen molar-refractivity contribution >= 4 is 17.6 Å². The summed E-state index contributed by atoms with van der Waals surface area (Å²) in [5.74, 6) is 0.200. The fourth-order valence-electron chi connectivity index (χ4n) is 4.88. The van der Waals surface area contributed by atoms with Gasteiger partial charge in [-0.2, -0.15) is 9.78 Å². The third kappa shape index (κ3) is 5.78. The Morgan fingerprint density at radius 1 is 1.06 bits per heavy atom. The van der Waals surface area contributed by atoms with Gasteiger partial charge in [-0.3, -0.25) is 4.79 Å². The number of phenolic OH excluding ortho intramolecular Hbond substituents is 1. The molecular weight excluding hydrogens is 452 g/mol. The van der Waals surface area contributed by atoms with Gasteiger partial charge in [0.05, 0.1) is 11.4 Å². The van der Waals surface area contributed by atoms with Crippen LogP contribution in [0.25, 0.3) is 11.3 Å². The summed E-state index contributed by atoms with van der Waals surface area (Å²) < 4.78 is 1.45. The first-order valence-electron chi connectivity index (χ1n) is 13.0. The van der Waals surface area contributed by atoms with E-state index < -0.39 is 0 Å². The van der Waals surface area contributed by atoms with Crippen LogP contribution in [0.5, 0.6) is 5.75 Å². The van der Waals surface area contributed by atoms with E-state index in [2.05, 4.69) is 15.7 Å². The molecule has 0 radical (unpaired) electrons. The number of carbonyl (C=O) groups excluding carboxylic acids is 2. The number of hydrogen-bond acceptors (Lipinski definition) is 4. The molecule has 2 aromatic carbocycles. The van der Waals surface area contributed by atoms with Gasteiger partial charge in [0.25, 0.3) is 0 Å². The van der Waals surface area contributed by atoms with Crippen molar-refractivity contribution in [1.82, 2.24) is 15.1 Å². The van der Waals surface area contributed by atoms with Gasteiger partial charge in [-0.25, -0.2) is 4.79 Å². The molecule has 2 amide bonds. The van der Waals surface area contributed by atoms with E-state index in [-0.39, 0.29) is 29.5 Å². The van der Waals surface area contributed by atoms with Crippen LogP contribution in [0, 0.1) is 12.8 Å². The average Bonchev–Trinajstić information content (AvgIpc) is 3.56. The number of amides is 2. The van der Waals surface area contributed by atoms with Gasteiger partial charge in [0.2, 0.25) is 5.91 Å². The fraction of sp³-hybridized carbons (Fsp3) is 0.414. The molecule has 1 aliphatic carbocycles. The molecule has 0 saturated heterocycles. The predicted molar refractivity (Wildman–Crippen MR) is 142 cm³/mol. The van der Waals surface area contributed by atoms with E-state index in [0.717, 1.165) is 49.8 Å². The molecular formula is C29H36N4O3. The zero-order valence-corrected chi connectivity index (χ0v) is 21.4. The van der Waals surface area contributed by atoms with Crippen molar-refractivity contribution in [3.05, 3.63) is 65.4 Å². The maximum atomic E-state index is 13.2. The minimum atomic E-state index is -0.290. The van der Waals surface area contributed by atoms with Gasteiger partial charge in [0.15, 0.2) is 0 Å². The van der Waals surface area contributed by atoms with E-state index in [9.17, 15) is 14.7 Å². The largest absolute Gasteiger partial charge is 0.507 e. The highest BCUT2D eigenvalue weighted by molar-refractivity contribution is 5.93. The number of aryl methyl sites for hydroxylation is 1. The zero-order chi connectivity index (χ0) is 25.7. The number of aromatic hydroxyl groups is 1. The average molecular weight is 489 g/mol. The SMILES string of the molecule is CCC(CC)C(=O)Nc1ccc(O)c(-c2cc(C3CCCC3)n(C(=O)NCc3ccc(C)cc3)n2)c1. The molecule has 0 aliphatic heterocycles. The summed E-state index contributed by atoms with van der Waals surface area (Å²) in [5, 5.41) is 21.2. The smallest absolute Gasteiger partial charge is 0.342 e. The molecule has 4 rings (SSSR count). The van der Waals surface area contributed by atoms with Gasteiger partial charge in [-0.1, -0.05) is 56.5 Å². The maximum Gasteiger partial charge on any atom is 0.342 e. The van der Waals surface area contributed by atoms with Crippen molar-refractivity contribution in [3.63, 3.8) is 0 Å². The molecule has 1 aliphatic rings. The normalized spacial score (nSPS) is 13.8. The number of hydrogen-bond donors (Lipinski definition) is 3. The van der Waals surface area contributed by atoms with Crippen molar-refractivity contribution in [2.24, 2.45) is 5.92 Å². The Bertz CT molecular complexity index is 1210. The van der Waals surface area contributed by atoms with Crippen LogP contribution >= 0.6 is 0 Å². The molecule has 0 unspecified atom stereocenters. The summed E-state index contributed by atoms with van der Waals surface area (Å²) in [6, 6.07) is 14.6. The number of aromatic nitrogens is 2. The van der Waals surface area contributed by atoms with Crippen LogP contribution in [0.4, 0.5) is 10.5 Å². The Labute approximate surface area is 212 Å². The van der Waals surface area contributed by atoms with Crippen LogP contribution in [0.1, 0.15) is 75.1 Å². The summed E-state index contributed by atoms with van der Waals surface area (Å²) in [5.41, 5.74) is 4.64. The Hall–Kier alpha value is -3.61. The molecule has 1 heterocycles. The molecule has 0 spiro atoms. The molecule has 1 saturated carbocycles. The highest BCUT2D eigenvalue weighted by Gasteiger charge is 2.26. The fourth-order valence-corrected chi connectivity index (χ4v) is 4.88. The van der Waals surface area contributed by atoms with E-state index in [0.29, 0.717) is 23.5 Å². The van der Waals surface area contributed by atoms with Crippen LogP contribution in [0.3, 0.4) is 0 Å². The molecule has 1 fully saturated rings. The minimum Gasteiger partial charge on any atom is -0.507 e. The summed E-state index contributed by atoms with van der Waals surface area (Å²) >= 11 is 0. The van der Waals surface area contributed by atoms with Gasteiger partial charge in [-0.15, -0.1) is 0 Å². The van der Waals surface area contributed by atoms with Crippen LogP contribution in [-0.4, -0.2) is 26.8 Å². The first-order chi connectivity index (χ1) is 17.4. The number of nitrogens with zero attached hydrogens (tertiary/aromatic N) is 2. The second kappa shape index (κ2) is 11.4. The Morgan fingerprint density at radius 2 is 1.75 bits per heavy atom. The molecule has 0 atom stereocenters. The molecule has 7 heteroatoms. The lowest BCUT2D eigenvalue weighted by Gasteiger charge is -2.13. The van der Waals surface area contributed by atoms with Gasteiger partial charge in [0.1, 0.15) is 5.75 Å². The number of nitrogens with one attached hydrogen (secondary N) is 2. The Kier molecular flexibility index (Phi) is 8.08. The zero-order valence-electron chi connectivity index (χ0n) is 21.4. The van der Waals surface area contributed by atoms with E-state index in [4.69, 9.17) is 0 Å². The molecule has 190 valence electrons. The summed E-state index contributed by atoms with van der Waals surface area (Å²) in [7, 11) is 0. The van der Waals surface area contributed by atoms with Gasteiger partial charge in [0, 0.05) is 29.6 Å². The summed E-state index contributed by atoms with van der Waals surface area (Å²) in [6.07, 6.45) is 5.79. The lowest BCUT2D eigenvalue weighted by atomic mass is 10.0. The molecule has 7 nitrogen and oxygen atoms in total. The number of rotatable bonds is 8. The molecule has 36 heavy (non-hydrogen) atoms. The number of benzene rings is 2.